The molecule has 0 spiro atoms. The summed E-state index contributed by atoms with van der Waals surface area (Å²) >= 11 is 0. The third-order valence-electron chi connectivity index (χ3n) is 2.36. The maximum absolute atomic E-state index is 12.9. The Labute approximate surface area is 95.7 Å². The van der Waals surface area contributed by atoms with Crippen molar-refractivity contribution in [3.63, 3.8) is 0 Å². The van der Waals surface area contributed by atoms with Crippen LogP contribution in [0.15, 0.2) is 0 Å². The molecule has 0 atom stereocenters. The number of alkyl halides is 4. The van der Waals surface area contributed by atoms with Crippen LogP contribution in [-0.2, 0) is 14.9 Å². The Morgan fingerprint density at radius 1 is 1.24 bits per heavy atom. The standard InChI is InChI=1S/C8H12F4O4S/c9-7(10,8(11,12)17(13,14)15)3-4-16-5-6-1-2-6/h6H,1-5H2,(H,13,14,15). The summed E-state index contributed by atoms with van der Waals surface area (Å²) in [5.74, 6) is -4.57. The third kappa shape index (κ3) is 3.52. The van der Waals surface area contributed by atoms with Crippen molar-refractivity contribution in [2.45, 2.75) is 30.4 Å². The van der Waals surface area contributed by atoms with Crippen molar-refractivity contribution >= 4 is 10.1 Å². The van der Waals surface area contributed by atoms with Gasteiger partial charge in [-0.05, 0) is 18.8 Å². The molecule has 0 aromatic rings. The average molecular weight is 280 g/mol. The first-order valence-corrected chi connectivity index (χ1v) is 6.32. The Morgan fingerprint density at radius 3 is 2.18 bits per heavy atom. The highest BCUT2D eigenvalue weighted by Crippen LogP contribution is 2.40. The Bertz CT molecular complexity index is 364. The topological polar surface area (TPSA) is 63.6 Å². The van der Waals surface area contributed by atoms with Crippen LogP contribution in [0, 0.1) is 5.92 Å². The maximum Gasteiger partial charge on any atom is 0.431 e. The molecule has 1 fully saturated rings. The van der Waals surface area contributed by atoms with Gasteiger partial charge in [-0.2, -0.15) is 26.0 Å². The van der Waals surface area contributed by atoms with Crippen molar-refractivity contribution in [2.24, 2.45) is 5.92 Å². The summed E-state index contributed by atoms with van der Waals surface area (Å²) in [6.07, 6.45) is 0.363. The molecule has 1 N–H and O–H groups in total. The molecule has 0 unspecified atom stereocenters. The molecule has 1 aliphatic rings. The number of hydrogen-bond acceptors (Lipinski definition) is 3. The molecule has 0 aromatic heterocycles. The highest BCUT2D eigenvalue weighted by molar-refractivity contribution is 7.87. The van der Waals surface area contributed by atoms with Gasteiger partial charge in [0.1, 0.15) is 0 Å². The van der Waals surface area contributed by atoms with E-state index in [0.29, 0.717) is 0 Å². The first-order valence-electron chi connectivity index (χ1n) is 4.88. The second-order valence-electron chi connectivity index (χ2n) is 3.96. The lowest BCUT2D eigenvalue weighted by molar-refractivity contribution is -0.171. The molecule has 1 saturated carbocycles. The zero-order valence-electron chi connectivity index (χ0n) is 8.70. The van der Waals surface area contributed by atoms with E-state index in [1.807, 2.05) is 0 Å². The number of ether oxygens (including phenoxy) is 1. The lowest BCUT2D eigenvalue weighted by Gasteiger charge is -2.23. The summed E-state index contributed by atoms with van der Waals surface area (Å²) in [6.45, 7) is -0.484. The monoisotopic (exact) mass is 280 g/mol. The second kappa shape index (κ2) is 4.69. The first-order chi connectivity index (χ1) is 7.58. The minimum atomic E-state index is -6.14. The van der Waals surface area contributed by atoms with Crippen LogP contribution in [0.3, 0.4) is 0 Å². The fourth-order valence-electron chi connectivity index (χ4n) is 1.07. The van der Waals surface area contributed by atoms with E-state index in [2.05, 4.69) is 0 Å². The van der Waals surface area contributed by atoms with Crippen LogP contribution in [-0.4, -0.2) is 37.4 Å². The van der Waals surface area contributed by atoms with Crippen molar-refractivity contribution in [1.82, 2.24) is 0 Å². The van der Waals surface area contributed by atoms with Crippen molar-refractivity contribution in [2.75, 3.05) is 13.2 Å². The van der Waals surface area contributed by atoms with Crippen LogP contribution in [0.1, 0.15) is 19.3 Å². The van der Waals surface area contributed by atoms with Gasteiger partial charge in [0.25, 0.3) is 0 Å². The van der Waals surface area contributed by atoms with Gasteiger partial charge in [-0.15, -0.1) is 0 Å². The van der Waals surface area contributed by atoms with Crippen LogP contribution in [0.4, 0.5) is 17.6 Å². The molecule has 102 valence electrons. The molecule has 0 radical (unpaired) electrons. The van der Waals surface area contributed by atoms with Gasteiger partial charge in [0.15, 0.2) is 0 Å². The molecule has 0 aliphatic heterocycles. The Kier molecular flexibility index (Phi) is 4.04. The zero-order valence-corrected chi connectivity index (χ0v) is 9.52. The maximum atomic E-state index is 12.9. The predicted octanol–water partition coefficient (Wildman–Crippen LogP) is 1.92. The van der Waals surface area contributed by atoms with Gasteiger partial charge >= 0.3 is 21.3 Å². The van der Waals surface area contributed by atoms with Crippen LogP contribution >= 0.6 is 0 Å². The van der Waals surface area contributed by atoms with E-state index in [1.54, 1.807) is 0 Å². The molecule has 0 heterocycles. The molecule has 1 aliphatic carbocycles. The molecule has 0 saturated heterocycles. The number of rotatable bonds is 7. The van der Waals surface area contributed by atoms with E-state index in [9.17, 15) is 26.0 Å². The number of halogens is 4. The smallest absolute Gasteiger partial charge is 0.381 e. The largest absolute Gasteiger partial charge is 0.431 e. The third-order valence-corrected chi connectivity index (χ3v) is 3.31. The Morgan fingerprint density at radius 2 is 1.76 bits per heavy atom. The van der Waals surface area contributed by atoms with Crippen molar-refractivity contribution in [3.05, 3.63) is 0 Å². The van der Waals surface area contributed by atoms with Crippen molar-refractivity contribution in [3.8, 4) is 0 Å². The van der Waals surface area contributed by atoms with Crippen LogP contribution in [0.5, 0.6) is 0 Å². The molecule has 0 bridgehead atoms. The van der Waals surface area contributed by atoms with E-state index in [4.69, 9.17) is 9.29 Å². The van der Waals surface area contributed by atoms with Crippen LogP contribution < -0.4 is 0 Å². The minimum absolute atomic E-state index is 0.202. The molecule has 0 aromatic carbocycles. The molecular weight excluding hydrogens is 268 g/mol. The molecule has 9 heteroatoms. The highest BCUT2D eigenvalue weighted by Gasteiger charge is 2.65. The van der Waals surface area contributed by atoms with Gasteiger partial charge in [-0.1, -0.05) is 0 Å². The van der Waals surface area contributed by atoms with E-state index in [1.165, 1.54) is 0 Å². The lowest BCUT2D eigenvalue weighted by atomic mass is 10.2. The highest BCUT2D eigenvalue weighted by atomic mass is 32.2. The molecule has 4 nitrogen and oxygen atoms in total. The van der Waals surface area contributed by atoms with Crippen molar-refractivity contribution in [1.29, 1.82) is 0 Å². The summed E-state index contributed by atoms with van der Waals surface area (Å²) in [5, 5.41) is -5.50. The van der Waals surface area contributed by atoms with E-state index in [-0.39, 0.29) is 12.5 Å². The minimum Gasteiger partial charge on any atom is -0.381 e. The molecular formula is C8H12F4O4S. The number of hydrogen-bond donors (Lipinski definition) is 1. The van der Waals surface area contributed by atoms with E-state index in [0.717, 1.165) is 12.8 Å². The fraction of sp³-hybridized carbons (Fsp3) is 1.00. The van der Waals surface area contributed by atoms with Crippen LogP contribution in [0.25, 0.3) is 0 Å². The van der Waals surface area contributed by atoms with Gasteiger partial charge in [0.2, 0.25) is 0 Å². The zero-order chi connectivity index (χ0) is 13.3. The van der Waals surface area contributed by atoms with Gasteiger partial charge in [0.05, 0.1) is 6.61 Å². The average Bonchev–Trinajstić information content (AvgIpc) is 2.94. The Balaban J connectivity index is 2.47. The van der Waals surface area contributed by atoms with E-state index >= 15 is 0 Å². The summed E-state index contributed by atoms with van der Waals surface area (Å²) in [5.41, 5.74) is 0. The SMILES string of the molecule is O=S(=O)(O)C(F)(F)C(F)(F)CCOCC1CC1. The molecule has 1 rings (SSSR count). The quantitative estimate of drug-likeness (QED) is 0.439. The predicted molar refractivity (Wildman–Crippen MR) is 49.6 cm³/mol. The van der Waals surface area contributed by atoms with Gasteiger partial charge in [-0.3, -0.25) is 4.55 Å². The summed E-state index contributed by atoms with van der Waals surface area (Å²) in [7, 11) is -6.14. The van der Waals surface area contributed by atoms with Gasteiger partial charge in [-0.25, -0.2) is 0 Å². The van der Waals surface area contributed by atoms with Crippen molar-refractivity contribution < 1.29 is 35.3 Å². The van der Waals surface area contributed by atoms with Crippen LogP contribution in [0.2, 0.25) is 0 Å². The molecule has 17 heavy (non-hydrogen) atoms. The summed E-state index contributed by atoms with van der Waals surface area (Å²) in [6, 6.07) is 0. The second-order valence-corrected chi connectivity index (χ2v) is 5.43. The Hall–Kier alpha value is -0.410. The lowest BCUT2D eigenvalue weighted by Crippen LogP contribution is -2.47. The normalized spacial score (nSPS) is 18.4. The summed E-state index contributed by atoms with van der Waals surface area (Å²) in [4.78, 5) is 0. The van der Waals surface area contributed by atoms with E-state index < -0.39 is 34.3 Å². The first kappa shape index (κ1) is 14.7. The fourth-order valence-corrected chi connectivity index (χ4v) is 1.55. The van der Waals surface area contributed by atoms with Gasteiger partial charge < -0.3 is 4.74 Å². The van der Waals surface area contributed by atoms with Gasteiger partial charge in [0, 0.05) is 13.0 Å². The molecule has 0 amide bonds. The summed E-state index contributed by atoms with van der Waals surface area (Å²) < 4.78 is 84.1.